The Hall–Kier alpha value is -2.97. The van der Waals surface area contributed by atoms with Crippen molar-refractivity contribution in [1.82, 2.24) is 9.55 Å². The van der Waals surface area contributed by atoms with Gasteiger partial charge in [0.15, 0.2) is 5.16 Å². The lowest BCUT2D eigenvalue weighted by molar-refractivity contribution is -0.118. The monoisotopic (exact) mass is 458 g/mol. The first-order valence-electron chi connectivity index (χ1n) is 9.55. The number of para-hydroxylation sites is 2. The molecular weight excluding hydrogens is 436 g/mol. The SMILES string of the molecule is COc1ccccc1N(CCC(N)=O)C(=O)CSc1nccn1-c1cccc(Cl)c1C. The van der Waals surface area contributed by atoms with Crippen LogP contribution in [-0.2, 0) is 9.59 Å². The fourth-order valence-electron chi connectivity index (χ4n) is 3.10. The summed E-state index contributed by atoms with van der Waals surface area (Å²) in [6, 6.07) is 12.8. The first kappa shape index (κ1) is 22.7. The summed E-state index contributed by atoms with van der Waals surface area (Å²) in [7, 11) is 1.54. The summed E-state index contributed by atoms with van der Waals surface area (Å²) in [6.07, 6.45) is 3.56. The molecule has 0 bridgehead atoms. The number of nitrogens with two attached hydrogens (primary N) is 1. The molecule has 2 amide bonds. The maximum absolute atomic E-state index is 13.1. The molecule has 3 rings (SSSR count). The zero-order valence-corrected chi connectivity index (χ0v) is 18.8. The Bertz CT molecular complexity index is 1090. The molecule has 2 aromatic carbocycles. The Morgan fingerprint density at radius 3 is 2.74 bits per heavy atom. The van der Waals surface area contributed by atoms with Gasteiger partial charge in [-0.2, -0.15) is 0 Å². The predicted octanol–water partition coefficient (Wildman–Crippen LogP) is 3.84. The number of imidazole rings is 1. The molecule has 0 atom stereocenters. The minimum Gasteiger partial charge on any atom is -0.495 e. The fraction of sp³-hybridized carbons (Fsp3) is 0.227. The predicted molar refractivity (Wildman–Crippen MR) is 123 cm³/mol. The number of amides is 2. The third-order valence-corrected chi connectivity index (χ3v) is 6.05. The van der Waals surface area contributed by atoms with Gasteiger partial charge in [0.25, 0.3) is 0 Å². The Morgan fingerprint density at radius 1 is 1.23 bits per heavy atom. The highest BCUT2D eigenvalue weighted by atomic mass is 35.5. The van der Waals surface area contributed by atoms with E-state index in [1.807, 2.05) is 48.0 Å². The second-order valence-corrected chi connectivity index (χ2v) is 8.04. The van der Waals surface area contributed by atoms with Gasteiger partial charge < -0.3 is 15.4 Å². The van der Waals surface area contributed by atoms with Gasteiger partial charge in [-0.15, -0.1) is 0 Å². The second kappa shape index (κ2) is 10.4. The molecule has 3 aromatic rings. The lowest BCUT2D eigenvalue weighted by Gasteiger charge is -2.24. The third-order valence-electron chi connectivity index (χ3n) is 4.69. The van der Waals surface area contributed by atoms with Crippen LogP contribution in [-0.4, -0.2) is 40.8 Å². The maximum Gasteiger partial charge on any atom is 0.237 e. The number of hydrogen-bond donors (Lipinski definition) is 1. The van der Waals surface area contributed by atoms with Crippen molar-refractivity contribution in [3.63, 3.8) is 0 Å². The number of nitrogens with zero attached hydrogens (tertiary/aromatic N) is 3. The molecule has 1 heterocycles. The van der Waals surface area contributed by atoms with E-state index in [9.17, 15) is 9.59 Å². The summed E-state index contributed by atoms with van der Waals surface area (Å²) in [5.41, 5.74) is 7.72. The maximum atomic E-state index is 13.1. The fourth-order valence-corrected chi connectivity index (χ4v) is 4.11. The average molecular weight is 459 g/mol. The van der Waals surface area contributed by atoms with Gasteiger partial charge in [0, 0.05) is 30.4 Å². The summed E-state index contributed by atoms with van der Waals surface area (Å²) < 4.78 is 7.29. The summed E-state index contributed by atoms with van der Waals surface area (Å²) in [6.45, 7) is 2.10. The molecule has 9 heteroatoms. The van der Waals surface area contributed by atoms with Crippen molar-refractivity contribution in [2.45, 2.75) is 18.5 Å². The van der Waals surface area contributed by atoms with Gasteiger partial charge in [-0.25, -0.2) is 4.98 Å². The molecule has 0 fully saturated rings. The number of ether oxygens (including phenoxy) is 1. The Morgan fingerprint density at radius 2 is 2.00 bits per heavy atom. The summed E-state index contributed by atoms with van der Waals surface area (Å²) >= 11 is 7.56. The molecule has 0 radical (unpaired) electrons. The summed E-state index contributed by atoms with van der Waals surface area (Å²) in [5.74, 6) is -0.00483. The Balaban J connectivity index is 1.81. The minimum absolute atomic E-state index is 0.0464. The highest BCUT2D eigenvalue weighted by molar-refractivity contribution is 7.99. The number of hydrogen-bond acceptors (Lipinski definition) is 5. The third kappa shape index (κ3) is 5.39. The van der Waals surface area contributed by atoms with Crippen LogP contribution in [0.1, 0.15) is 12.0 Å². The molecule has 0 saturated heterocycles. The van der Waals surface area contributed by atoms with Crippen LogP contribution in [0.25, 0.3) is 5.69 Å². The van der Waals surface area contributed by atoms with E-state index in [2.05, 4.69) is 4.98 Å². The van der Waals surface area contributed by atoms with Gasteiger partial charge in [0.1, 0.15) is 5.75 Å². The molecule has 0 aliphatic heterocycles. The van der Waals surface area contributed by atoms with Crippen molar-refractivity contribution in [2.24, 2.45) is 5.73 Å². The van der Waals surface area contributed by atoms with Crippen LogP contribution in [0.3, 0.4) is 0 Å². The number of aromatic nitrogens is 2. The van der Waals surface area contributed by atoms with Crippen molar-refractivity contribution >= 4 is 40.9 Å². The summed E-state index contributed by atoms with van der Waals surface area (Å²) in [4.78, 5) is 30.4. The van der Waals surface area contributed by atoms with Crippen LogP contribution >= 0.6 is 23.4 Å². The van der Waals surface area contributed by atoms with Crippen molar-refractivity contribution in [3.8, 4) is 11.4 Å². The van der Waals surface area contributed by atoms with E-state index >= 15 is 0 Å². The number of carbonyl (C=O) groups is 2. The van der Waals surface area contributed by atoms with Gasteiger partial charge >= 0.3 is 0 Å². The van der Waals surface area contributed by atoms with Crippen LogP contribution in [0.4, 0.5) is 5.69 Å². The molecule has 0 saturated carbocycles. The molecule has 162 valence electrons. The highest BCUT2D eigenvalue weighted by Gasteiger charge is 2.21. The normalized spacial score (nSPS) is 10.7. The Labute approximate surface area is 190 Å². The number of carbonyl (C=O) groups excluding carboxylic acids is 2. The molecule has 0 aliphatic rings. The summed E-state index contributed by atoms with van der Waals surface area (Å²) in [5, 5.41) is 1.32. The molecule has 0 aliphatic carbocycles. The van der Waals surface area contributed by atoms with E-state index < -0.39 is 5.91 Å². The lowest BCUT2D eigenvalue weighted by atomic mass is 10.2. The van der Waals surface area contributed by atoms with E-state index in [1.165, 1.54) is 23.8 Å². The number of primary amides is 1. The number of benzene rings is 2. The molecule has 2 N–H and O–H groups in total. The second-order valence-electron chi connectivity index (χ2n) is 6.69. The lowest BCUT2D eigenvalue weighted by Crippen LogP contribution is -2.35. The van der Waals surface area contributed by atoms with Crippen LogP contribution in [0, 0.1) is 6.92 Å². The van der Waals surface area contributed by atoms with Crippen molar-refractivity contribution in [3.05, 3.63) is 65.4 Å². The van der Waals surface area contributed by atoms with Crippen LogP contribution < -0.4 is 15.4 Å². The largest absolute Gasteiger partial charge is 0.495 e. The topological polar surface area (TPSA) is 90.4 Å². The number of halogens is 1. The van der Waals surface area contributed by atoms with E-state index in [0.29, 0.717) is 21.6 Å². The number of rotatable bonds is 9. The molecule has 0 spiro atoms. The molecule has 0 unspecified atom stereocenters. The number of anilines is 1. The molecular formula is C22H23ClN4O3S. The zero-order valence-electron chi connectivity index (χ0n) is 17.2. The molecule has 7 nitrogen and oxygen atoms in total. The minimum atomic E-state index is -0.479. The molecule has 31 heavy (non-hydrogen) atoms. The van der Waals surface area contributed by atoms with Gasteiger partial charge in [-0.1, -0.05) is 41.6 Å². The van der Waals surface area contributed by atoms with E-state index in [0.717, 1.165) is 11.3 Å². The van der Waals surface area contributed by atoms with E-state index in [4.69, 9.17) is 22.1 Å². The van der Waals surface area contributed by atoms with Crippen LogP contribution in [0.2, 0.25) is 5.02 Å². The first-order chi connectivity index (χ1) is 14.9. The first-order valence-corrected chi connectivity index (χ1v) is 10.9. The number of thioether (sulfide) groups is 1. The van der Waals surface area contributed by atoms with Crippen LogP contribution in [0.5, 0.6) is 5.75 Å². The van der Waals surface area contributed by atoms with Crippen molar-refractivity contribution < 1.29 is 14.3 Å². The van der Waals surface area contributed by atoms with E-state index in [-0.39, 0.29) is 24.6 Å². The van der Waals surface area contributed by atoms with Gasteiger partial charge in [-0.05, 0) is 36.8 Å². The van der Waals surface area contributed by atoms with Crippen molar-refractivity contribution in [2.75, 3.05) is 24.3 Å². The Kier molecular flexibility index (Phi) is 7.59. The molecule has 1 aromatic heterocycles. The average Bonchev–Trinajstić information content (AvgIpc) is 3.22. The smallest absolute Gasteiger partial charge is 0.237 e. The zero-order chi connectivity index (χ0) is 22.4. The van der Waals surface area contributed by atoms with Gasteiger partial charge in [-0.3, -0.25) is 14.2 Å². The van der Waals surface area contributed by atoms with Gasteiger partial charge in [0.2, 0.25) is 11.8 Å². The highest BCUT2D eigenvalue weighted by Crippen LogP contribution is 2.30. The van der Waals surface area contributed by atoms with Crippen molar-refractivity contribution in [1.29, 1.82) is 0 Å². The van der Waals surface area contributed by atoms with E-state index in [1.54, 1.807) is 18.3 Å². The quantitative estimate of drug-likeness (QED) is 0.492. The number of methoxy groups -OCH3 is 1. The standard InChI is InChI=1S/C22H23ClN4O3S/c1-15-16(23)6-5-8-17(15)27-13-11-25-22(27)31-14-21(29)26(12-10-20(24)28)18-7-3-4-9-19(18)30-2/h3-9,11,13H,10,12,14H2,1-2H3,(H2,24,28). The van der Waals surface area contributed by atoms with Gasteiger partial charge in [0.05, 0.1) is 24.2 Å². The van der Waals surface area contributed by atoms with Crippen LogP contribution in [0.15, 0.2) is 60.0 Å².